The lowest BCUT2D eigenvalue weighted by Gasteiger charge is -2.17. The molecule has 0 radical (unpaired) electrons. The van der Waals surface area contributed by atoms with Gasteiger partial charge in [-0.15, -0.1) is 0 Å². The number of hydrogen-bond acceptors (Lipinski definition) is 3. The summed E-state index contributed by atoms with van der Waals surface area (Å²) in [5.41, 5.74) is -0.138. The highest BCUT2D eigenvalue weighted by Crippen LogP contribution is 2.07. The Bertz CT molecular complexity index is 208. The average molecular weight is 170 g/mol. The highest BCUT2D eigenvalue weighted by molar-refractivity contribution is 5.89. The number of esters is 1. The number of allylic oxidation sites excluding steroid dienone is 1. The van der Waals surface area contributed by atoms with Gasteiger partial charge < -0.3 is 4.74 Å². The van der Waals surface area contributed by atoms with Gasteiger partial charge in [0.1, 0.15) is 11.9 Å². The van der Waals surface area contributed by atoms with Crippen LogP contribution in [0.1, 0.15) is 27.7 Å². The summed E-state index contributed by atoms with van der Waals surface area (Å²) in [4.78, 5) is 21.1. The maximum absolute atomic E-state index is 11.0. The van der Waals surface area contributed by atoms with E-state index in [1.54, 1.807) is 27.7 Å². The molecule has 0 aromatic rings. The van der Waals surface area contributed by atoms with Crippen LogP contribution < -0.4 is 0 Å². The molecule has 0 aromatic heterocycles. The Morgan fingerprint density at radius 3 is 2.17 bits per heavy atom. The Hall–Kier alpha value is -1.12. The molecule has 0 atom stereocenters. The number of hydrogen-bond donors (Lipinski definition) is 0. The minimum absolute atomic E-state index is 0.365. The van der Waals surface area contributed by atoms with Gasteiger partial charge in [0.15, 0.2) is 0 Å². The smallest absolute Gasteiger partial charge is 0.331 e. The average Bonchev–Trinajstić information content (AvgIpc) is 1.82. The molecule has 0 rings (SSSR count). The third-order valence-corrected chi connectivity index (χ3v) is 0.938. The quantitative estimate of drug-likeness (QED) is 0.358. The first kappa shape index (κ1) is 10.9. The van der Waals surface area contributed by atoms with E-state index < -0.39 is 11.6 Å². The van der Waals surface area contributed by atoms with Crippen LogP contribution in [0.25, 0.3) is 0 Å². The van der Waals surface area contributed by atoms with Crippen LogP contribution in [0.3, 0.4) is 0 Å². The molecule has 0 aromatic carbocycles. The zero-order valence-electron chi connectivity index (χ0n) is 7.88. The largest absolute Gasteiger partial charge is 0.457 e. The Kier molecular flexibility index (Phi) is 3.67. The van der Waals surface area contributed by atoms with E-state index in [9.17, 15) is 9.59 Å². The Balaban J connectivity index is 4.16. The highest BCUT2D eigenvalue weighted by atomic mass is 16.6. The van der Waals surface area contributed by atoms with Crippen molar-refractivity contribution in [2.45, 2.75) is 33.3 Å². The first-order valence-corrected chi connectivity index (χ1v) is 3.71. The summed E-state index contributed by atoms with van der Waals surface area (Å²) in [7, 11) is 0. The van der Waals surface area contributed by atoms with E-state index in [4.69, 9.17) is 4.74 Å². The lowest BCUT2D eigenvalue weighted by Crippen LogP contribution is -2.22. The van der Waals surface area contributed by atoms with Crippen LogP contribution in [-0.4, -0.2) is 17.9 Å². The van der Waals surface area contributed by atoms with Gasteiger partial charge in [-0.2, -0.15) is 0 Å². The van der Waals surface area contributed by atoms with Gasteiger partial charge in [-0.1, -0.05) is 0 Å². The molecule has 0 amide bonds. The number of carbonyl (C=O) groups is 2. The van der Waals surface area contributed by atoms with E-state index in [-0.39, 0.29) is 0 Å². The first-order valence-electron chi connectivity index (χ1n) is 3.71. The number of carbonyl (C=O) groups excluding carboxylic acids is 2. The topological polar surface area (TPSA) is 43.4 Å². The summed E-state index contributed by atoms with van der Waals surface area (Å²) in [5, 5.41) is 0. The van der Waals surface area contributed by atoms with Gasteiger partial charge in [0.25, 0.3) is 0 Å². The number of aldehydes is 1. The molecular weight excluding hydrogens is 156 g/mol. The maximum Gasteiger partial charge on any atom is 0.331 e. The standard InChI is InChI=1S/C9H14O3/c1-7(6-10)5-8(11)12-9(2,3)4/h5-6H,1-4H3/b7-5+. The molecule has 0 heterocycles. The van der Waals surface area contributed by atoms with Crippen LogP contribution in [0.2, 0.25) is 0 Å². The molecule has 0 saturated heterocycles. The third kappa shape index (κ3) is 5.65. The zero-order chi connectivity index (χ0) is 9.78. The molecule has 0 bridgehead atoms. The predicted molar refractivity (Wildman–Crippen MR) is 45.7 cm³/mol. The lowest BCUT2D eigenvalue weighted by atomic mass is 10.2. The van der Waals surface area contributed by atoms with Gasteiger partial charge in [0.2, 0.25) is 0 Å². The van der Waals surface area contributed by atoms with Gasteiger partial charge >= 0.3 is 5.97 Å². The van der Waals surface area contributed by atoms with Crippen molar-refractivity contribution in [1.82, 2.24) is 0 Å². The minimum atomic E-state index is -0.503. The molecule has 3 heteroatoms. The van der Waals surface area contributed by atoms with E-state index in [0.717, 1.165) is 0 Å². The van der Waals surface area contributed by atoms with E-state index in [2.05, 4.69) is 0 Å². The summed E-state index contributed by atoms with van der Waals surface area (Å²) >= 11 is 0. The molecule has 0 unspecified atom stereocenters. The van der Waals surface area contributed by atoms with Crippen LogP contribution >= 0.6 is 0 Å². The monoisotopic (exact) mass is 170 g/mol. The molecule has 0 fully saturated rings. The maximum atomic E-state index is 11.0. The lowest BCUT2D eigenvalue weighted by molar-refractivity contribution is -0.148. The second-order valence-corrected chi connectivity index (χ2v) is 3.54. The van der Waals surface area contributed by atoms with Gasteiger partial charge in [-0.05, 0) is 33.3 Å². The fourth-order valence-corrected chi connectivity index (χ4v) is 0.551. The molecule has 12 heavy (non-hydrogen) atoms. The van der Waals surface area contributed by atoms with E-state index in [1.165, 1.54) is 6.08 Å². The Labute approximate surface area is 72.4 Å². The van der Waals surface area contributed by atoms with Crippen molar-refractivity contribution in [3.8, 4) is 0 Å². The molecule has 0 spiro atoms. The van der Waals surface area contributed by atoms with Gasteiger partial charge in [-0.3, -0.25) is 4.79 Å². The molecule has 0 saturated carbocycles. The molecule has 0 aliphatic heterocycles. The predicted octanol–water partition coefficient (Wildman–Crippen LogP) is 1.47. The normalized spacial score (nSPS) is 12.5. The van der Waals surface area contributed by atoms with Gasteiger partial charge in [0, 0.05) is 6.08 Å². The number of rotatable bonds is 2. The summed E-state index contributed by atoms with van der Waals surface area (Å²) in [5.74, 6) is -0.480. The SMILES string of the molecule is C/C(C=O)=C\C(=O)OC(C)(C)C. The summed E-state index contributed by atoms with van der Waals surface area (Å²) < 4.78 is 4.94. The van der Waals surface area contributed by atoms with Crippen molar-refractivity contribution in [3.63, 3.8) is 0 Å². The molecule has 3 nitrogen and oxygen atoms in total. The van der Waals surface area contributed by atoms with E-state index in [1.807, 2.05) is 0 Å². The van der Waals surface area contributed by atoms with Crippen molar-refractivity contribution in [3.05, 3.63) is 11.6 Å². The van der Waals surface area contributed by atoms with Gasteiger partial charge in [-0.25, -0.2) is 4.79 Å². The Morgan fingerprint density at radius 2 is 1.83 bits per heavy atom. The molecule has 0 aliphatic carbocycles. The summed E-state index contributed by atoms with van der Waals surface area (Å²) in [6.45, 7) is 6.87. The van der Waals surface area contributed by atoms with Crippen LogP contribution in [0, 0.1) is 0 Å². The van der Waals surface area contributed by atoms with Crippen LogP contribution in [0.15, 0.2) is 11.6 Å². The fourth-order valence-electron chi connectivity index (χ4n) is 0.551. The molecular formula is C9H14O3. The highest BCUT2D eigenvalue weighted by Gasteiger charge is 2.14. The van der Waals surface area contributed by atoms with Gasteiger partial charge in [0.05, 0.1) is 0 Å². The fraction of sp³-hybridized carbons (Fsp3) is 0.556. The van der Waals surface area contributed by atoms with Crippen LogP contribution in [-0.2, 0) is 14.3 Å². The molecule has 0 N–H and O–H groups in total. The minimum Gasteiger partial charge on any atom is -0.457 e. The zero-order valence-corrected chi connectivity index (χ0v) is 7.88. The molecule has 0 aliphatic rings. The van der Waals surface area contributed by atoms with Crippen LogP contribution in [0.4, 0.5) is 0 Å². The van der Waals surface area contributed by atoms with Crippen molar-refractivity contribution in [1.29, 1.82) is 0 Å². The number of ether oxygens (including phenoxy) is 1. The first-order chi connectivity index (χ1) is 5.35. The molecule has 68 valence electrons. The summed E-state index contributed by atoms with van der Waals surface area (Å²) in [6, 6.07) is 0. The van der Waals surface area contributed by atoms with E-state index >= 15 is 0 Å². The second-order valence-electron chi connectivity index (χ2n) is 3.54. The third-order valence-electron chi connectivity index (χ3n) is 0.938. The van der Waals surface area contributed by atoms with Crippen molar-refractivity contribution < 1.29 is 14.3 Å². The van der Waals surface area contributed by atoms with Crippen molar-refractivity contribution in [2.75, 3.05) is 0 Å². The van der Waals surface area contributed by atoms with Crippen molar-refractivity contribution in [2.24, 2.45) is 0 Å². The Morgan fingerprint density at radius 1 is 1.33 bits per heavy atom. The second kappa shape index (κ2) is 4.04. The van der Waals surface area contributed by atoms with E-state index in [0.29, 0.717) is 11.9 Å². The summed E-state index contributed by atoms with van der Waals surface area (Å²) in [6.07, 6.45) is 1.79. The van der Waals surface area contributed by atoms with Crippen molar-refractivity contribution >= 4 is 12.3 Å². The van der Waals surface area contributed by atoms with Crippen LogP contribution in [0.5, 0.6) is 0 Å².